The molecule has 1 aromatic rings. The van der Waals surface area contributed by atoms with Gasteiger partial charge in [0.15, 0.2) is 0 Å². The smallest absolute Gasteiger partial charge is 0.140 e. The van der Waals surface area contributed by atoms with Gasteiger partial charge in [0, 0.05) is 18.9 Å². The van der Waals surface area contributed by atoms with Crippen molar-refractivity contribution in [3.63, 3.8) is 0 Å². The molecule has 4 nitrogen and oxygen atoms in total. The monoisotopic (exact) mass is 333 g/mol. The summed E-state index contributed by atoms with van der Waals surface area (Å²) in [6, 6.07) is 0. The van der Waals surface area contributed by atoms with Crippen LogP contribution in [0.3, 0.4) is 0 Å². The Morgan fingerprint density at radius 2 is 2.19 bits per heavy atom. The molecular weight excluding hydrogens is 317 g/mol. The van der Waals surface area contributed by atoms with Crippen LogP contribution in [0.1, 0.15) is 43.1 Å². The lowest BCUT2D eigenvalue weighted by atomic mass is 10.1. The summed E-state index contributed by atoms with van der Waals surface area (Å²) >= 11 is 2.24. The molecule has 0 saturated heterocycles. The Morgan fingerprint density at radius 3 is 2.75 bits per heavy atom. The zero-order valence-electron chi connectivity index (χ0n) is 9.53. The number of anilines is 1. The third-order valence-corrected chi connectivity index (χ3v) is 3.85. The first-order chi connectivity index (χ1) is 7.63. The van der Waals surface area contributed by atoms with Crippen LogP contribution in [0.25, 0.3) is 0 Å². The molecule has 0 bridgehead atoms. The lowest BCUT2D eigenvalue weighted by molar-refractivity contribution is 0.181. The van der Waals surface area contributed by atoms with Crippen molar-refractivity contribution in [1.82, 2.24) is 9.97 Å². The fourth-order valence-electron chi connectivity index (χ4n) is 1.67. The number of ether oxygens (including phenoxy) is 1. The molecular formula is C11H16IN3O. The molecule has 1 atom stereocenters. The van der Waals surface area contributed by atoms with Crippen molar-refractivity contribution in [2.75, 3.05) is 19.5 Å². The van der Waals surface area contributed by atoms with Crippen LogP contribution in [-0.4, -0.2) is 23.7 Å². The van der Waals surface area contributed by atoms with Crippen LogP contribution in [0.15, 0.2) is 0 Å². The number of methoxy groups -OCH3 is 1. The molecule has 5 heteroatoms. The van der Waals surface area contributed by atoms with Crippen molar-refractivity contribution < 1.29 is 4.74 Å². The maximum Gasteiger partial charge on any atom is 0.140 e. The number of aromatic nitrogens is 2. The highest BCUT2D eigenvalue weighted by molar-refractivity contribution is 14.1. The number of hydrogen-bond donors (Lipinski definition) is 1. The zero-order chi connectivity index (χ0) is 11.7. The van der Waals surface area contributed by atoms with Gasteiger partial charge < -0.3 is 10.5 Å². The summed E-state index contributed by atoms with van der Waals surface area (Å²) in [4.78, 5) is 8.98. The Kier molecular flexibility index (Phi) is 3.63. The number of hydrogen-bond acceptors (Lipinski definition) is 4. The van der Waals surface area contributed by atoms with Crippen LogP contribution < -0.4 is 5.73 Å². The molecule has 0 radical (unpaired) electrons. The Labute approximate surface area is 109 Å². The molecule has 0 aliphatic heterocycles. The van der Waals surface area contributed by atoms with E-state index in [2.05, 4.69) is 39.5 Å². The van der Waals surface area contributed by atoms with Crippen molar-refractivity contribution >= 4 is 28.4 Å². The van der Waals surface area contributed by atoms with E-state index in [-0.39, 0.29) is 5.92 Å². The van der Waals surface area contributed by atoms with E-state index >= 15 is 0 Å². The Hall–Kier alpha value is -0.430. The third-order valence-electron chi connectivity index (χ3n) is 2.74. The molecule has 1 saturated carbocycles. The minimum atomic E-state index is 0.196. The second kappa shape index (κ2) is 4.83. The van der Waals surface area contributed by atoms with Gasteiger partial charge in [-0.1, -0.05) is 6.92 Å². The summed E-state index contributed by atoms with van der Waals surface area (Å²) in [5.74, 6) is 2.21. The summed E-state index contributed by atoms with van der Waals surface area (Å²) < 4.78 is 6.14. The van der Waals surface area contributed by atoms with Crippen molar-refractivity contribution in [3.05, 3.63) is 15.1 Å². The highest BCUT2D eigenvalue weighted by Crippen LogP contribution is 2.42. The predicted octanol–water partition coefficient (Wildman–Crippen LogP) is 2.29. The SMILES string of the molecule is COCC(C)c1nc(N)c(I)c(C2CC2)n1. The van der Waals surface area contributed by atoms with Gasteiger partial charge in [0.05, 0.1) is 15.9 Å². The number of nitrogens with zero attached hydrogens (tertiary/aromatic N) is 2. The van der Waals surface area contributed by atoms with Gasteiger partial charge in [0.2, 0.25) is 0 Å². The fourth-order valence-corrected chi connectivity index (χ4v) is 2.36. The van der Waals surface area contributed by atoms with Crippen molar-refractivity contribution in [2.24, 2.45) is 0 Å². The van der Waals surface area contributed by atoms with E-state index < -0.39 is 0 Å². The van der Waals surface area contributed by atoms with E-state index in [4.69, 9.17) is 10.5 Å². The number of halogens is 1. The van der Waals surface area contributed by atoms with E-state index in [1.165, 1.54) is 12.8 Å². The van der Waals surface area contributed by atoms with Crippen LogP contribution in [0.5, 0.6) is 0 Å². The lowest BCUT2D eigenvalue weighted by Gasteiger charge is -2.12. The highest BCUT2D eigenvalue weighted by atomic mass is 127. The van der Waals surface area contributed by atoms with E-state index in [1.807, 2.05) is 0 Å². The first kappa shape index (κ1) is 12.0. The van der Waals surface area contributed by atoms with Gasteiger partial charge in [0.25, 0.3) is 0 Å². The maximum atomic E-state index is 5.92. The average Bonchev–Trinajstić information content (AvgIpc) is 3.06. The molecule has 88 valence electrons. The number of nitrogen functional groups attached to an aromatic ring is 1. The van der Waals surface area contributed by atoms with Crippen LogP contribution in [0.2, 0.25) is 0 Å². The molecule has 2 N–H and O–H groups in total. The van der Waals surface area contributed by atoms with E-state index in [1.54, 1.807) is 7.11 Å². The largest absolute Gasteiger partial charge is 0.384 e. The summed E-state index contributed by atoms with van der Waals surface area (Å²) in [5.41, 5.74) is 7.05. The molecule has 0 amide bonds. The average molecular weight is 333 g/mol. The first-order valence-corrected chi connectivity index (χ1v) is 6.53. The first-order valence-electron chi connectivity index (χ1n) is 5.45. The quantitative estimate of drug-likeness (QED) is 0.859. The molecule has 0 aromatic carbocycles. The third kappa shape index (κ3) is 2.45. The summed E-state index contributed by atoms with van der Waals surface area (Å²) in [5, 5.41) is 0. The van der Waals surface area contributed by atoms with Crippen molar-refractivity contribution in [3.8, 4) is 0 Å². The number of nitrogens with two attached hydrogens (primary N) is 1. The van der Waals surface area contributed by atoms with Crippen LogP contribution in [-0.2, 0) is 4.74 Å². The molecule has 2 rings (SSSR count). The van der Waals surface area contributed by atoms with Crippen molar-refractivity contribution in [2.45, 2.75) is 31.6 Å². The van der Waals surface area contributed by atoms with E-state index in [9.17, 15) is 0 Å². The molecule has 16 heavy (non-hydrogen) atoms. The van der Waals surface area contributed by atoms with E-state index in [0.29, 0.717) is 18.3 Å². The number of rotatable bonds is 4. The predicted molar refractivity (Wildman–Crippen MR) is 71.4 cm³/mol. The molecule has 1 unspecified atom stereocenters. The minimum Gasteiger partial charge on any atom is -0.384 e. The zero-order valence-corrected chi connectivity index (χ0v) is 11.7. The van der Waals surface area contributed by atoms with Crippen molar-refractivity contribution in [1.29, 1.82) is 0 Å². The van der Waals surface area contributed by atoms with Gasteiger partial charge in [-0.05, 0) is 35.4 Å². The normalized spacial score (nSPS) is 17.4. The van der Waals surface area contributed by atoms with Crippen LogP contribution >= 0.6 is 22.6 Å². The Bertz CT molecular complexity index is 393. The minimum absolute atomic E-state index is 0.196. The van der Waals surface area contributed by atoms with Gasteiger partial charge in [-0.3, -0.25) is 0 Å². The molecule has 0 spiro atoms. The second-order valence-corrected chi connectivity index (χ2v) is 5.38. The summed E-state index contributed by atoms with van der Waals surface area (Å²) in [6.45, 7) is 2.69. The molecule has 1 aliphatic carbocycles. The van der Waals surface area contributed by atoms with Gasteiger partial charge in [-0.15, -0.1) is 0 Å². The molecule has 1 fully saturated rings. The second-order valence-electron chi connectivity index (χ2n) is 4.30. The molecule has 1 aliphatic rings. The molecule has 1 heterocycles. The highest BCUT2D eigenvalue weighted by Gasteiger charge is 2.29. The van der Waals surface area contributed by atoms with Gasteiger partial charge in [-0.2, -0.15) is 0 Å². The lowest BCUT2D eigenvalue weighted by Crippen LogP contribution is -2.12. The maximum absolute atomic E-state index is 5.92. The fraction of sp³-hybridized carbons (Fsp3) is 0.636. The van der Waals surface area contributed by atoms with Gasteiger partial charge >= 0.3 is 0 Å². The van der Waals surface area contributed by atoms with Gasteiger partial charge in [0.1, 0.15) is 11.6 Å². The molecule has 1 aromatic heterocycles. The van der Waals surface area contributed by atoms with Gasteiger partial charge in [-0.25, -0.2) is 9.97 Å². The van der Waals surface area contributed by atoms with Crippen LogP contribution in [0.4, 0.5) is 5.82 Å². The standard InChI is InChI=1S/C11H16IN3O/c1-6(5-16-2)11-14-9(7-3-4-7)8(12)10(13)15-11/h6-7H,3-5H2,1-2H3,(H2,13,14,15). The van der Waals surface area contributed by atoms with Crippen LogP contribution in [0, 0.1) is 3.57 Å². The topological polar surface area (TPSA) is 61.0 Å². The van der Waals surface area contributed by atoms with E-state index in [0.717, 1.165) is 15.1 Å². The summed E-state index contributed by atoms with van der Waals surface area (Å²) in [6.07, 6.45) is 2.45. The Balaban J connectivity index is 2.32. The Morgan fingerprint density at radius 1 is 1.50 bits per heavy atom. The summed E-state index contributed by atoms with van der Waals surface area (Å²) in [7, 11) is 1.69.